The van der Waals surface area contributed by atoms with Crippen molar-refractivity contribution < 1.29 is 14.4 Å². The van der Waals surface area contributed by atoms with Crippen LogP contribution in [0, 0.1) is 0 Å². The molecule has 7 heteroatoms. The van der Waals surface area contributed by atoms with Gasteiger partial charge in [0.1, 0.15) is 5.00 Å². The number of carbonyl (C=O) groups is 3. The van der Waals surface area contributed by atoms with Gasteiger partial charge < -0.3 is 15.5 Å². The molecule has 1 aliphatic heterocycles. The zero-order valence-electron chi connectivity index (χ0n) is 17.6. The lowest BCUT2D eigenvalue weighted by Gasteiger charge is -2.31. The molecule has 1 unspecified atom stereocenters. The maximum absolute atomic E-state index is 13.8. The minimum absolute atomic E-state index is 0.194. The van der Waals surface area contributed by atoms with E-state index in [1.54, 1.807) is 0 Å². The molecule has 3 amide bonds. The first-order chi connectivity index (χ1) is 14.2. The minimum atomic E-state index is -1.23. The summed E-state index contributed by atoms with van der Waals surface area (Å²) in [6, 6.07) is 8.25. The number of benzene rings is 1. The van der Waals surface area contributed by atoms with Crippen LogP contribution in [-0.4, -0.2) is 34.2 Å². The zero-order chi connectivity index (χ0) is 21.5. The summed E-state index contributed by atoms with van der Waals surface area (Å²) in [6.45, 7) is 5.77. The van der Waals surface area contributed by atoms with Gasteiger partial charge in [0.2, 0.25) is 0 Å². The van der Waals surface area contributed by atoms with Gasteiger partial charge in [-0.15, -0.1) is 11.3 Å². The summed E-state index contributed by atoms with van der Waals surface area (Å²) in [4.78, 5) is 42.7. The van der Waals surface area contributed by atoms with E-state index in [-0.39, 0.29) is 12.5 Å². The van der Waals surface area contributed by atoms with E-state index in [1.165, 1.54) is 21.1 Å². The number of nitrogens with zero attached hydrogens (tertiary/aromatic N) is 1. The number of rotatable bonds is 3. The SMILES string of the molecule is CC(C)(C)NC(=O)C1C(=O)Nc2sc3c(c2C(=O)N1Cc1ccccc1)CCCC3. The monoisotopic (exact) mass is 425 g/mol. The molecule has 0 bridgehead atoms. The Morgan fingerprint density at radius 2 is 1.87 bits per heavy atom. The number of hydrogen-bond acceptors (Lipinski definition) is 4. The number of amides is 3. The zero-order valence-corrected chi connectivity index (χ0v) is 18.4. The molecule has 2 aromatic rings. The van der Waals surface area contributed by atoms with Gasteiger partial charge in [-0.05, 0) is 57.6 Å². The van der Waals surface area contributed by atoms with Crippen LogP contribution in [0.5, 0.6) is 0 Å². The Labute approximate surface area is 180 Å². The number of thiophene rings is 1. The highest BCUT2D eigenvalue weighted by atomic mass is 32.1. The van der Waals surface area contributed by atoms with E-state index >= 15 is 0 Å². The molecule has 158 valence electrons. The first kappa shape index (κ1) is 20.6. The number of anilines is 1. The van der Waals surface area contributed by atoms with E-state index in [2.05, 4.69) is 10.6 Å². The van der Waals surface area contributed by atoms with Gasteiger partial charge in [0, 0.05) is 17.0 Å². The topological polar surface area (TPSA) is 78.5 Å². The molecule has 0 fully saturated rings. The van der Waals surface area contributed by atoms with Gasteiger partial charge in [-0.3, -0.25) is 14.4 Å². The van der Waals surface area contributed by atoms with Gasteiger partial charge >= 0.3 is 0 Å². The van der Waals surface area contributed by atoms with Gasteiger partial charge in [-0.2, -0.15) is 0 Å². The molecule has 6 nitrogen and oxygen atoms in total. The molecule has 2 N–H and O–H groups in total. The van der Waals surface area contributed by atoms with E-state index in [4.69, 9.17) is 0 Å². The number of carbonyl (C=O) groups excluding carboxylic acids is 3. The van der Waals surface area contributed by atoms with Crippen LogP contribution >= 0.6 is 11.3 Å². The predicted octanol–water partition coefficient (Wildman–Crippen LogP) is 3.50. The van der Waals surface area contributed by atoms with E-state index in [0.717, 1.165) is 36.8 Å². The van der Waals surface area contributed by atoms with Crippen LogP contribution < -0.4 is 10.6 Å². The highest BCUT2D eigenvalue weighted by molar-refractivity contribution is 7.17. The summed E-state index contributed by atoms with van der Waals surface area (Å²) < 4.78 is 0. The van der Waals surface area contributed by atoms with Crippen molar-refractivity contribution in [2.45, 2.75) is 64.6 Å². The van der Waals surface area contributed by atoms with Crippen molar-refractivity contribution in [1.82, 2.24) is 10.2 Å². The number of aryl methyl sites for hydroxylation is 1. The van der Waals surface area contributed by atoms with Crippen LogP contribution in [0.15, 0.2) is 30.3 Å². The molecule has 4 rings (SSSR count). The summed E-state index contributed by atoms with van der Waals surface area (Å²) in [6.07, 6.45) is 3.90. The summed E-state index contributed by atoms with van der Waals surface area (Å²) in [5.74, 6) is -1.17. The fourth-order valence-corrected chi connectivity index (χ4v) is 5.39. The molecule has 1 atom stereocenters. The largest absolute Gasteiger partial charge is 0.349 e. The lowest BCUT2D eigenvalue weighted by molar-refractivity contribution is -0.134. The maximum Gasteiger partial charge on any atom is 0.258 e. The van der Waals surface area contributed by atoms with Crippen LogP contribution in [0.1, 0.15) is 60.0 Å². The van der Waals surface area contributed by atoms with Crippen molar-refractivity contribution in [3.05, 3.63) is 51.9 Å². The van der Waals surface area contributed by atoms with Crippen LogP contribution in [0.2, 0.25) is 0 Å². The molecule has 2 aliphatic rings. The van der Waals surface area contributed by atoms with Crippen LogP contribution in [0.3, 0.4) is 0 Å². The predicted molar refractivity (Wildman–Crippen MR) is 118 cm³/mol. The molecule has 0 saturated carbocycles. The lowest BCUT2D eigenvalue weighted by Crippen LogP contribution is -2.57. The maximum atomic E-state index is 13.8. The van der Waals surface area contributed by atoms with Crippen LogP contribution in [0.25, 0.3) is 0 Å². The van der Waals surface area contributed by atoms with Gasteiger partial charge in [-0.25, -0.2) is 0 Å². The average molecular weight is 426 g/mol. The van der Waals surface area contributed by atoms with E-state index in [9.17, 15) is 14.4 Å². The Balaban J connectivity index is 1.78. The third-order valence-electron chi connectivity index (χ3n) is 5.39. The van der Waals surface area contributed by atoms with Gasteiger partial charge in [0.25, 0.3) is 17.7 Å². The van der Waals surface area contributed by atoms with Crippen molar-refractivity contribution >= 4 is 34.1 Å². The fourth-order valence-electron chi connectivity index (χ4n) is 4.10. The fraction of sp³-hybridized carbons (Fsp3) is 0.435. The highest BCUT2D eigenvalue weighted by Crippen LogP contribution is 2.40. The van der Waals surface area contributed by atoms with E-state index in [0.29, 0.717) is 10.6 Å². The van der Waals surface area contributed by atoms with Gasteiger partial charge in [-0.1, -0.05) is 30.3 Å². The molecule has 2 heterocycles. The smallest absolute Gasteiger partial charge is 0.258 e. The highest BCUT2D eigenvalue weighted by Gasteiger charge is 2.43. The average Bonchev–Trinajstić information content (AvgIpc) is 2.99. The third kappa shape index (κ3) is 3.99. The second-order valence-corrected chi connectivity index (χ2v) is 10.1. The molecule has 1 aromatic carbocycles. The normalized spacial score (nSPS) is 18.9. The van der Waals surface area contributed by atoms with Crippen molar-refractivity contribution in [3.8, 4) is 0 Å². The molecule has 1 aromatic heterocycles. The van der Waals surface area contributed by atoms with Crippen molar-refractivity contribution in [2.24, 2.45) is 0 Å². The first-order valence-electron chi connectivity index (χ1n) is 10.4. The summed E-state index contributed by atoms with van der Waals surface area (Å²) in [5.41, 5.74) is 1.97. The quantitative estimate of drug-likeness (QED) is 0.739. The Bertz CT molecular complexity index is 991. The third-order valence-corrected chi connectivity index (χ3v) is 6.59. The molecular weight excluding hydrogens is 398 g/mol. The van der Waals surface area contributed by atoms with Gasteiger partial charge in [0.15, 0.2) is 6.04 Å². The molecular formula is C23H27N3O3S. The standard InChI is InChI=1S/C23H27N3O3S/c1-23(2,3)25-20(28)18-19(27)24-21-17(15-11-7-8-12-16(15)30-21)22(29)26(18)13-14-9-5-4-6-10-14/h4-6,9-10,18H,7-8,11-13H2,1-3H3,(H,24,27)(H,25,28). The number of nitrogens with one attached hydrogen (secondary N) is 2. The Hall–Kier alpha value is -2.67. The minimum Gasteiger partial charge on any atom is -0.349 e. The van der Waals surface area contributed by atoms with Crippen LogP contribution in [0.4, 0.5) is 5.00 Å². The molecule has 0 saturated heterocycles. The molecule has 0 radical (unpaired) electrons. The second-order valence-electron chi connectivity index (χ2n) is 8.96. The Morgan fingerprint density at radius 3 is 2.57 bits per heavy atom. The number of hydrogen-bond donors (Lipinski definition) is 2. The lowest BCUT2D eigenvalue weighted by atomic mass is 9.95. The van der Waals surface area contributed by atoms with Gasteiger partial charge in [0.05, 0.1) is 5.56 Å². The van der Waals surface area contributed by atoms with E-state index < -0.39 is 23.4 Å². The molecule has 30 heavy (non-hydrogen) atoms. The summed E-state index contributed by atoms with van der Waals surface area (Å²) in [7, 11) is 0. The second kappa shape index (κ2) is 7.87. The summed E-state index contributed by atoms with van der Waals surface area (Å²) >= 11 is 1.48. The Morgan fingerprint density at radius 1 is 1.17 bits per heavy atom. The van der Waals surface area contributed by atoms with Crippen molar-refractivity contribution in [3.63, 3.8) is 0 Å². The van der Waals surface area contributed by atoms with Crippen LogP contribution in [-0.2, 0) is 29.0 Å². The first-order valence-corrected chi connectivity index (χ1v) is 11.2. The van der Waals surface area contributed by atoms with E-state index in [1.807, 2.05) is 51.1 Å². The van der Waals surface area contributed by atoms with Crippen molar-refractivity contribution in [2.75, 3.05) is 5.32 Å². The summed E-state index contributed by atoms with van der Waals surface area (Å²) in [5, 5.41) is 6.36. The Kier molecular flexibility index (Phi) is 5.40. The van der Waals surface area contributed by atoms with Crippen molar-refractivity contribution in [1.29, 1.82) is 0 Å². The number of fused-ring (bicyclic) bond motifs is 3. The molecule has 1 aliphatic carbocycles. The molecule has 0 spiro atoms.